The number of allylic oxidation sites excluding steroid dienone is 1. The van der Waals surface area contributed by atoms with Crippen molar-refractivity contribution in [2.24, 2.45) is 0 Å². The Morgan fingerprint density at radius 2 is 2.11 bits per heavy atom. The third kappa shape index (κ3) is 3.34. The molecule has 94 valence electrons. The van der Waals surface area contributed by atoms with E-state index in [1.54, 1.807) is 0 Å². The van der Waals surface area contributed by atoms with E-state index in [0.717, 1.165) is 16.8 Å². The molecular weight excluding hydrogens is 264 g/mol. The van der Waals surface area contributed by atoms with Crippen LogP contribution < -0.4 is 10.6 Å². The molecule has 1 aromatic carbocycles. The number of thioether (sulfide) groups is 1. The molecule has 0 bridgehead atoms. The molecule has 3 nitrogen and oxygen atoms in total. The van der Waals surface area contributed by atoms with Crippen molar-refractivity contribution in [1.29, 1.82) is 0 Å². The predicted molar refractivity (Wildman–Crippen MR) is 79.2 cm³/mol. The van der Waals surface area contributed by atoms with E-state index in [4.69, 9.17) is 12.2 Å². The summed E-state index contributed by atoms with van der Waals surface area (Å²) in [6, 6.07) is 9.97. The van der Waals surface area contributed by atoms with Gasteiger partial charge in [0.2, 0.25) is 5.12 Å². The van der Waals surface area contributed by atoms with Crippen LogP contribution in [0.5, 0.6) is 0 Å². The van der Waals surface area contributed by atoms with Crippen molar-refractivity contribution in [3.05, 3.63) is 47.2 Å². The summed E-state index contributed by atoms with van der Waals surface area (Å²) in [6.45, 7) is 2.39. The van der Waals surface area contributed by atoms with Crippen molar-refractivity contribution in [1.82, 2.24) is 10.6 Å². The molecule has 0 spiro atoms. The van der Waals surface area contributed by atoms with Gasteiger partial charge >= 0.3 is 0 Å². The summed E-state index contributed by atoms with van der Waals surface area (Å²) in [5.74, 6) is 0.695. The molecule has 0 radical (unpaired) electrons. The van der Waals surface area contributed by atoms with Crippen LogP contribution in [-0.4, -0.2) is 16.8 Å². The molecule has 0 atom stereocenters. The Labute approximate surface area is 116 Å². The summed E-state index contributed by atoms with van der Waals surface area (Å²) < 4.78 is 0. The molecule has 0 amide bonds. The SMILES string of the molecule is CC1=C(C(=O)SCc2ccccc2)CNC(=S)N1. The number of nitrogens with one attached hydrogen (secondary N) is 2. The van der Waals surface area contributed by atoms with Gasteiger partial charge in [-0.1, -0.05) is 42.1 Å². The molecule has 2 N–H and O–H groups in total. The molecule has 1 aliphatic heterocycles. The van der Waals surface area contributed by atoms with Crippen LogP contribution in [0.25, 0.3) is 0 Å². The van der Waals surface area contributed by atoms with Gasteiger partial charge in [0.15, 0.2) is 5.11 Å². The van der Waals surface area contributed by atoms with Gasteiger partial charge in [-0.25, -0.2) is 0 Å². The largest absolute Gasteiger partial charge is 0.358 e. The zero-order valence-electron chi connectivity index (χ0n) is 10.0. The predicted octanol–water partition coefficient (Wildman–Crippen LogP) is 2.20. The van der Waals surface area contributed by atoms with Crippen LogP contribution in [-0.2, 0) is 10.5 Å². The van der Waals surface area contributed by atoms with Crippen LogP contribution in [0, 0.1) is 0 Å². The average molecular weight is 278 g/mol. The quantitative estimate of drug-likeness (QED) is 0.830. The van der Waals surface area contributed by atoms with E-state index in [9.17, 15) is 4.79 Å². The highest BCUT2D eigenvalue weighted by Gasteiger charge is 2.18. The normalized spacial score (nSPS) is 15.1. The first-order valence-corrected chi connectivity index (χ1v) is 7.02. The molecule has 0 saturated carbocycles. The third-order valence-corrected chi connectivity index (χ3v) is 3.87. The lowest BCUT2D eigenvalue weighted by Gasteiger charge is -2.20. The zero-order valence-corrected chi connectivity index (χ0v) is 11.7. The minimum Gasteiger partial charge on any atom is -0.358 e. The lowest BCUT2D eigenvalue weighted by molar-refractivity contribution is -0.108. The van der Waals surface area contributed by atoms with Crippen molar-refractivity contribution >= 4 is 34.2 Å². The highest BCUT2D eigenvalue weighted by molar-refractivity contribution is 8.13. The molecule has 1 aliphatic rings. The van der Waals surface area contributed by atoms with Crippen molar-refractivity contribution in [3.8, 4) is 0 Å². The minimum absolute atomic E-state index is 0.0962. The Bertz CT molecular complexity index is 497. The molecular formula is C13H14N2OS2. The van der Waals surface area contributed by atoms with Crippen LogP contribution in [0.4, 0.5) is 0 Å². The second kappa shape index (κ2) is 6.02. The van der Waals surface area contributed by atoms with Gasteiger partial charge in [-0.3, -0.25) is 4.79 Å². The lowest BCUT2D eigenvalue weighted by Crippen LogP contribution is -2.42. The van der Waals surface area contributed by atoms with Crippen LogP contribution in [0.1, 0.15) is 12.5 Å². The van der Waals surface area contributed by atoms with Crippen LogP contribution in [0.15, 0.2) is 41.6 Å². The average Bonchev–Trinajstić information content (AvgIpc) is 2.37. The van der Waals surface area contributed by atoms with E-state index in [-0.39, 0.29) is 5.12 Å². The number of hydrogen-bond donors (Lipinski definition) is 2. The smallest absolute Gasteiger partial charge is 0.219 e. The van der Waals surface area contributed by atoms with Crippen molar-refractivity contribution in [2.45, 2.75) is 12.7 Å². The second-order valence-corrected chi connectivity index (χ2v) is 5.33. The Morgan fingerprint density at radius 3 is 2.78 bits per heavy atom. The summed E-state index contributed by atoms with van der Waals surface area (Å²) in [7, 11) is 0. The number of carbonyl (C=O) groups is 1. The molecule has 2 rings (SSSR count). The molecule has 1 heterocycles. The first-order chi connectivity index (χ1) is 8.66. The Kier molecular flexibility index (Phi) is 4.38. The molecule has 0 aromatic heterocycles. The van der Waals surface area contributed by atoms with Gasteiger partial charge < -0.3 is 10.6 Å². The monoisotopic (exact) mass is 278 g/mol. The number of benzene rings is 1. The molecule has 18 heavy (non-hydrogen) atoms. The van der Waals surface area contributed by atoms with Gasteiger partial charge in [-0.15, -0.1) is 0 Å². The van der Waals surface area contributed by atoms with Crippen LogP contribution in [0.2, 0.25) is 0 Å². The number of hydrogen-bond acceptors (Lipinski definition) is 3. The van der Waals surface area contributed by atoms with Gasteiger partial charge in [-0.05, 0) is 24.7 Å². The minimum atomic E-state index is 0.0962. The lowest BCUT2D eigenvalue weighted by atomic mass is 10.2. The maximum Gasteiger partial charge on any atom is 0.219 e. The molecule has 5 heteroatoms. The topological polar surface area (TPSA) is 41.1 Å². The number of thiocarbonyl (C=S) groups is 1. The number of rotatable bonds is 3. The van der Waals surface area contributed by atoms with E-state index >= 15 is 0 Å². The molecule has 0 aliphatic carbocycles. The first-order valence-electron chi connectivity index (χ1n) is 5.62. The van der Waals surface area contributed by atoms with E-state index in [0.29, 0.717) is 17.4 Å². The highest BCUT2D eigenvalue weighted by Crippen LogP contribution is 2.19. The van der Waals surface area contributed by atoms with Gasteiger partial charge in [0, 0.05) is 23.6 Å². The summed E-state index contributed by atoms with van der Waals surface area (Å²) in [6.07, 6.45) is 0. The molecule has 0 unspecified atom stereocenters. The van der Waals surface area contributed by atoms with Crippen LogP contribution in [0.3, 0.4) is 0 Å². The fourth-order valence-electron chi connectivity index (χ4n) is 1.63. The zero-order chi connectivity index (χ0) is 13.0. The van der Waals surface area contributed by atoms with E-state index in [1.165, 1.54) is 11.8 Å². The van der Waals surface area contributed by atoms with E-state index in [2.05, 4.69) is 10.6 Å². The maximum absolute atomic E-state index is 12.1. The van der Waals surface area contributed by atoms with E-state index < -0.39 is 0 Å². The molecule has 0 saturated heterocycles. The van der Waals surface area contributed by atoms with Gasteiger partial charge in [0.25, 0.3) is 0 Å². The van der Waals surface area contributed by atoms with Crippen molar-refractivity contribution in [3.63, 3.8) is 0 Å². The molecule has 1 aromatic rings. The van der Waals surface area contributed by atoms with Crippen molar-refractivity contribution < 1.29 is 4.79 Å². The van der Waals surface area contributed by atoms with Gasteiger partial charge in [0.1, 0.15) is 0 Å². The van der Waals surface area contributed by atoms with Gasteiger partial charge in [0.05, 0.1) is 0 Å². The second-order valence-electron chi connectivity index (χ2n) is 3.97. The third-order valence-electron chi connectivity index (χ3n) is 2.64. The molecule has 0 fully saturated rings. The fraction of sp³-hybridized carbons (Fsp3) is 0.231. The Morgan fingerprint density at radius 1 is 1.39 bits per heavy atom. The first kappa shape index (κ1) is 13.1. The Balaban J connectivity index is 1.96. The maximum atomic E-state index is 12.1. The summed E-state index contributed by atoms with van der Waals surface area (Å²) >= 11 is 6.31. The standard InChI is InChI=1S/C13H14N2OS2/c1-9-11(7-14-13(17)15-9)12(16)18-8-10-5-3-2-4-6-10/h2-6H,7-8H2,1H3,(H2,14,15,17). The van der Waals surface area contributed by atoms with Gasteiger partial charge in [-0.2, -0.15) is 0 Å². The van der Waals surface area contributed by atoms with E-state index in [1.807, 2.05) is 37.3 Å². The summed E-state index contributed by atoms with van der Waals surface area (Å²) in [5.41, 5.74) is 2.77. The summed E-state index contributed by atoms with van der Waals surface area (Å²) in [5, 5.41) is 6.62. The summed E-state index contributed by atoms with van der Waals surface area (Å²) in [4.78, 5) is 12.1. The van der Waals surface area contributed by atoms with Crippen LogP contribution >= 0.6 is 24.0 Å². The van der Waals surface area contributed by atoms with Crippen molar-refractivity contribution in [2.75, 3.05) is 6.54 Å². The fourth-order valence-corrected chi connectivity index (χ4v) is 2.74. The highest BCUT2D eigenvalue weighted by atomic mass is 32.2. The number of carbonyl (C=O) groups excluding carboxylic acids is 1. The Hall–Kier alpha value is -1.33.